The maximum atomic E-state index is 2.55. The van der Waals surface area contributed by atoms with Crippen LogP contribution in [0.1, 0.15) is 49.1 Å². The summed E-state index contributed by atoms with van der Waals surface area (Å²) in [5, 5.41) is 1.60. The fraction of sp³-hybridized carbons (Fsp3) is 0.545. The second-order valence-electron chi connectivity index (χ2n) is 8.10. The lowest BCUT2D eigenvalue weighted by atomic mass is 9.85. The first-order chi connectivity index (χ1) is 11.1. The minimum absolute atomic E-state index is 0.352. The summed E-state index contributed by atoms with van der Waals surface area (Å²) >= 11 is 0. The number of benzene rings is 1. The van der Waals surface area contributed by atoms with E-state index in [2.05, 4.69) is 91.0 Å². The minimum Gasteiger partial charge on any atom is -0.370 e. The van der Waals surface area contributed by atoms with Gasteiger partial charge in [0.25, 0.3) is 0 Å². The Morgan fingerprint density at radius 1 is 1.04 bits per heavy atom. The number of likely N-dealkylation sites (N-methyl/N-ethyl adjacent to an activating group) is 1. The standard InChI is InChI=1S/C22H34NSi/c1-14(2)17(5)20-12-21(23(7)13-22(20)24(8)9)19-11-15(3)10-16(4)18(19)6/h10-14,17,21H,1-9H3. The summed E-state index contributed by atoms with van der Waals surface area (Å²) < 4.78 is 0. The molecule has 1 aliphatic rings. The van der Waals surface area contributed by atoms with Gasteiger partial charge in [0, 0.05) is 7.05 Å². The molecule has 0 aromatic heterocycles. The van der Waals surface area contributed by atoms with Crippen LogP contribution in [-0.2, 0) is 0 Å². The van der Waals surface area contributed by atoms with Crippen molar-refractivity contribution in [2.75, 3.05) is 7.05 Å². The molecule has 0 amide bonds. The van der Waals surface area contributed by atoms with Crippen molar-refractivity contribution in [3.8, 4) is 0 Å². The van der Waals surface area contributed by atoms with Crippen molar-refractivity contribution >= 4 is 8.80 Å². The van der Waals surface area contributed by atoms with Gasteiger partial charge in [-0.05, 0) is 66.3 Å². The highest BCUT2D eigenvalue weighted by Gasteiger charge is 2.28. The van der Waals surface area contributed by atoms with E-state index in [1.807, 2.05) is 0 Å². The Hall–Kier alpha value is -1.28. The van der Waals surface area contributed by atoms with E-state index in [9.17, 15) is 0 Å². The predicted molar refractivity (Wildman–Crippen MR) is 109 cm³/mol. The summed E-state index contributed by atoms with van der Waals surface area (Å²) in [5.74, 6) is 1.28. The van der Waals surface area contributed by atoms with E-state index in [4.69, 9.17) is 0 Å². The summed E-state index contributed by atoms with van der Waals surface area (Å²) in [6.07, 6.45) is 4.99. The smallest absolute Gasteiger partial charge is 0.0814 e. The van der Waals surface area contributed by atoms with Gasteiger partial charge in [-0.3, -0.25) is 0 Å². The molecule has 2 atom stereocenters. The van der Waals surface area contributed by atoms with Gasteiger partial charge in [-0.25, -0.2) is 0 Å². The fourth-order valence-electron chi connectivity index (χ4n) is 3.60. The molecule has 0 bridgehead atoms. The Labute approximate surface area is 151 Å². The van der Waals surface area contributed by atoms with Crippen LogP contribution in [-0.4, -0.2) is 20.7 Å². The number of nitrogens with zero attached hydrogens (tertiary/aromatic N) is 1. The molecule has 0 fully saturated rings. The van der Waals surface area contributed by atoms with Crippen molar-refractivity contribution in [2.24, 2.45) is 11.8 Å². The van der Waals surface area contributed by atoms with Gasteiger partial charge in [0.2, 0.25) is 0 Å². The number of aryl methyl sites for hydroxylation is 2. The lowest BCUT2D eigenvalue weighted by molar-refractivity contribution is 0.374. The summed E-state index contributed by atoms with van der Waals surface area (Å²) in [7, 11) is 1.76. The van der Waals surface area contributed by atoms with Crippen LogP contribution in [0, 0.1) is 32.6 Å². The Balaban J connectivity index is 2.56. The molecule has 2 unspecified atom stereocenters. The quantitative estimate of drug-likeness (QED) is 0.608. The molecule has 24 heavy (non-hydrogen) atoms. The molecule has 1 nitrogen and oxygen atoms in total. The van der Waals surface area contributed by atoms with Crippen LogP contribution in [0.25, 0.3) is 0 Å². The van der Waals surface area contributed by atoms with Crippen molar-refractivity contribution in [3.05, 3.63) is 57.4 Å². The Kier molecular flexibility index (Phi) is 5.80. The van der Waals surface area contributed by atoms with E-state index >= 15 is 0 Å². The summed E-state index contributed by atoms with van der Waals surface area (Å²) in [6, 6.07) is 5.02. The highest BCUT2D eigenvalue weighted by atomic mass is 28.3. The third kappa shape index (κ3) is 3.69. The van der Waals surface area contributed by atoms with Gasteiger partial charge in [-0.15, -0.1) is 0 Å². The topological polar surface area (TPSA) is 3.24 Å². The molecule has 0 saturated heterocycles. The third-order valence-electron chi connectivity index (χ3n) is 5.62. The number of allylic oxidation sites excluding steroid dienone is 2. The zero-order valence-electron chi connectivity index (χ0n) is 17.0. The molecule has 0 spiro atoms. The molecule has 2 heteroatoms. The average molecular weight is 341 g/mol. The molecule has 0 saturated carbocycles. The molecular formula is C22H34NSi. The largest absolute Gasteiger partial charge is 0.370 e. The van der Waals surface area contributed by atoms with Gasteiger partial charge in [0.15, 0.2) is 0 Å². The molecule has 131 valence electrons. The molecule has 1 aromatic carbocycles. The van der Waals surface area contributed by atoms with Crippen LogP contribution in [0.3, 0.4) is 0 Å². The molecule has 2 rings (SSSR count). The van der Waals surface area contributed by atoms with Gasteiger partial charge < -0.3 is 4.90 Å². The molecular weight excluding hydrogens is 306 g/mol. The lowest BCUT2D eigenvalue weighted by Gasteiger charge is -2.36. The van der Waals surface area contributed by atoms with Gasteiger partial charge in [0.05, 0.1) is 14.8 Å². The van der Waals surface area contributed by atoms with Crippen LogP contribution in [0.4, 0.5) is 0 Å². The average Bonchev–Trinajstić information content (AvgIpc) is 2.49. The van der Waals surface area contributed by atoms with Gasteiger partial charge in [0.1, 0.15) is 0 Å². The lowest BCUT2D eigenvalue weighted by Crippen LogP contribution is -2.29. The summed E-state index contributed by atoms with van der Waals surface area (Å²) in [6.45, 7) is 18.6. The maximum absolute atomic E-state index is 2.55. The SMILES string of the molecule is Cc1cc(C)c(C)c(C2C=C(C(C)C(C)C)C([Si](C)C)=CN2C)c1. The molecule has 1 heterocycles. The van der Waals surface area contributed by atoms with E-state index in [0.717, 1.165) is 0 Å². The van der Waals surface area contributed by atoms with Crippen molar-refractivity contribution < 1.29 is 0 Å². The van der Waals surface area contributed by atoms with E-state index in [0.29, 0.717) is 17.9 Å². The fourth-order valence-corrected chi connectivity index (χ4v) is 4.95. The van der Waals surface area contributed by atoms with E-state index < -0.39 is 8.80 Å². The first kappa shape index (κ1) is 19.0. The van der Waals surface area contributed by atoms with Gasteiger partial charge in [-0.1, -0.05) is 57.6 Å². The second-order valence-corrected chi connectivity index (χ2v) is 10.6. The Morgan fingerprint density at radius 3 is 2.21 bits per heavy atom. The number of rotatable bonds is 4. The van der Waals surface area contributed by atoms with Gasteiger partial charge >= 0.3 is 0 Å². The molecule has 1 radical (unpaired) electrons. The van der Waals surface area contributed by atoms with Crippen molar-refractivity contribution in [1.29, 1.82) is 0 Å². The van der Waals surface area contributed by atoms with Gasteiger partial charge in [-0.2, -0.15) is 0 Å². The van der Waals surface area contributed by atoms with Crippen LogP contribution < -0.4 is 0 Å². The molecule has 0 aliphatic carbocycles. The van der Waals surface area contributed by atoms with Crippen molar-refractivity contribution in [1.82, 2.24) is 4.90 Å². The minimum atomic E-state index is -0.473. The zero-order valence-corrected chi connectivity index (χ0v) is 18.0. The van der Waals surface area contributed by atoms with Crippen molar-refractivity contribution in [2.45, 2.75) is 60.7 Å². The summed E-state index contributed by atoms with van der Waals surface area (Å²) in [5.41, 5.74) is 7.24. The van der Waals surface area contributed by atoms with Crippen LogP contribution in [0.5, 0.6) is 0 Å². The van der Waals surface area contributed by atoms with E-state index in [1.54, 1.807) is 10.8 Å². The molecule has 1 aromatic rings. The number of hydrogen-bond acceptors (Lipinski definition) is 1. The maximum Gasteiger partial charge on any atom is 0.0814 e. The first-order valence-corrected chi connectivity index (χ1v) is 11.7. The Bertz CT molecular complexity index is 667. The second kappa shape index (κ2) is 7.31. The summed E-state index contributed by atoms with van der Waals surface area (Å²) in [4.78, 5) is 2.42. The third-order valence-corrected chi connectivity index (χ3v) is 7.11. The number of hydrogen-bond donors (Lipinski definition) is 0. The van der Waals surface area contributed by atoms with Crippen LogP contribution in [0.15, 0.2) is 35.2 Å². The van der Waals surface area contributed by atoms with E-state index in [-0.39, 0.29) is 0 Å². The van der Waals surface area contributed by atoms with Crippen LogP contribution in [0.2, 0.25) is 13.1 Å². The van der Waals surface area contributed by atoms with Crippen LogP contribution >= 0.6 is 0 Å². The molecule has 1 aliphatic heterocycles. The van der Waals surface area contributed by atoms with Crippen molar-refractivity contribution in [3.63, 3.8) is 0 Å². The zero-order chi connectivity index (χ0) is 18.2. The molecule has 0 N–H and O–H groups in total. The Morgan fingerprint density at radius 2 is 1.67 bits per heavy atom. The predicted octanol–water partition coefficient (Wildman–Crippen LogP) is 5.99. The highest BCUT2D eigenvalue weighted by molar-refractivity contribution is 6.65. The first-order valence-electron chi connectivity index (χ1n) is 9.17. The highest BCUT2D eigenvalue weighted by Crippen LogP contribution is 2.38. The normalized spacial score (nSPS) is 19.6. The monoisotopic (exact) mass is 340 g/mol. The van der Waals surface area contributed by atoms with E-state index in [1.165, 1.54) is 22.3 Å².